The van der Waals surface area contributed by atoms with Crippen LogP contribution in [0.1, 0.15) is 32.1 Å². The second kappa shape index (κ2) is 5.95. The lowest BCUT2D eigenvalue weighted by atomic mass is 9.94. The fourth-order valence-corrected chi connectivity index (χ4v) is 3.41. The largest absolute Gasteiger partial charge is 0.352 e. The Morgan fingerprint density at radius 1 is 1.25 bits per heavy atom. The second-order valence-corrected chi connectivity index (χ2v) is 6.07. The smallest absolute Gasteiger partial charge is 0.226 e. The van der Waals surface area contributed by atoms with Gasteiger partial charge in [0.25, 0.3) is 0 Å². The molecule has 0 saturated carbocycles. The summed E-state index contributed by atoms with van der Waals surface area (Å²) < 4.78 is 0. The molecule has 0 radical (unpaired) electrons. The molecule has 3 heterocycles. The van der Waals surface area contributed by atoms with E-state index >= 15 is 0 Å². The van der Waals surface area contributed by atoms with Crippen LogP contribution in [-0.2, 0) is 0 Å². The maximum Gasteiger partial charge on any atom is 0.226 e. The van der Waals surface area contributed by atoms with Crippen molar-refractivity contribution in [2.45, 2.75) is 44.2 Å². The minimum absolute atomic E-state index is 0.594. The minimum Gasteiger partial charge on any atom is -0.352 e. The van der Waals surface area contributed by atoms with Crippen LogP contribution in [0.3, 0.4) is 0 Å². The number of nitrogens with one attached hydrogen (secondary N) is 1. The summed E-state index contributed by atoms with van der Waals surface area (Å²) in [5, 5.41) is 3.67. The van der Waals surface area contributed by atoms with Gasteiger partial charge in [0.15, 0.2) is 0 Å². The number of piperidine rings is 1. The quantitative estimate of drug-likeness (QED) is 0.909. The molecule has 1 N–H and O–H groups in total. The Morgan fingerprint density at radius 3 is 2.90 bits per heavy atom. The van der Waals surface area contributed by atoms with E-state index in [1.54, 1.807) is 0 Å². The van der Waals surface area contributed by atoms with Crippen molar-refractivity contribution in [2.24, 2.45) is 0 Å². The zero-order valence-corrected chi connectivity index (χ0v) is 12.5. The fourth-order valence-electron chi connectivity index (χ4n) is 3.41. The van der Waals surface area contributed by atoms with Gasteiger partial charge in [-0.25, -0.2) is 4.98 Å². The summed E-state index contributed by atoms with van der Waals surface area (Å²) in [5.74, 6) is 1.88. The van der Waals surface area contributed by atoms with Crippen LogP contribution in [0.25, 0.3) is 0 Å². The minimum atomic E-state index is 0.594. The molecule has 1 aromatic heterocycles. The van der Waals surface area contributed by atoms with Gasteiger partial charge in [0.1, 0.15) is 5.82 Å². The topological polar surface area (TPSA) is 44.3 Å². The van der Waals surface area contributed by atoms with Crippen LogP contribution in [-0.4, -0.2) is 49.2 Å². The van der Waals surface area contributed by atoms with Crippen LogP contribution in [0.5, 0.6) is 0 Å². The molecule has 2 atom stereocenters. The van der Waals surface area contributed by atoms with Gasteiger partial charge in [-0.15, -0.1) is 0 Å². The normalized spacial score (nSPS) is 26.8. The van der Waals surface area contributed by atoms with Crippen molar-refractivity contribution in [2.75, 3.05) is 37.0 Å². The Morgan fingerprint density at radius 2 is 2.15 bits per heavy atom. The highest BCUT2D eigenvalue weighted by atomic mass is 15.3. The molecule has 110 valence electrons. The number of anilines is 2. The number of hydrogen-bond donors (Lipinski definition) is 1. The first kappa shape index (κ1) is 13.6. The van der Waals surface area contributed by atoms with Crippen molar-refractivity contribution in [1.82, 2.24) is 15.3 Å². The third-order valence-corrected chi connectivity index (χ3v) is 4.43. The molecular weight excluding hydrogens is 250 g/mol. The molecule has 1 aromatic rings. The van der Waals surface area contributed by atoms with Crippen LogP contribution < -0.4 is 15.1 Å². The van der Waals surface area contributed by atoms with E-state index < -0.39 is 0 Å². The molecule has 5 nitrogen and oxygen atoms in total. The number of hydrogen-bond acceptors (Lipinski definition) is 5. The van der Waals surface area contributed by atoms with Gasteiger partial charge in [0.2, 0.25) is 5.95 Å². The van der Waals surface area contributed by atoms with Gasteiger partial charge >= 0.3 is 0 Å². The third kappa shape index (κ3) is 2.73. The Labute approximate surface area is 121 Å². The van der Waals surface area contributed by atoms with E-state index in [0.29, 0.717) is 12.1 Å². The maximum absolute atomic E-state index is 4.73. The van der Waals surface area contributed by atoms with Crippen LogP contribution in [0.4, 0.5) is 11.8 Å². The lowest BCUT2D eigenvalue weighted by Gasteiger charge is -2.40. The van der Waals surface area contributed by atoms with Gasteiger partial charge in [0, 0.05) is 38.9 Å². The van der Waals surface area contributed by atoms with Gasteiger partial charge in [-0.05, 0) is 44.7 Å². The van der Waals surface area contributed by atoms with Gasteiger partial charge in [-0.2, -0.15) is 4.98 Å². The summed E-state index contributed by atoms with van der Waals surface area (Å²) in [6.07, 6.45) is 8.37. The molecule has 0 aliphatic carbocycles. The first-order valence-electron chi connectivity index (χ1n) is 7.76. The van der Waals surface area contributed by atoms with Crippen LogP contribution in [0.2, 0.25) is 0 Å². The number of nitrogens with zero attached hydrogens (tertiary/aromatic N) is 4. The average Bonchev–Trinajstić information content (AvgIpc) is 3.01. The van der Waals surface area contributed by atoms with Gasteiger partial charge < -0.3 is 15.1 Å². The average molecular weight is 275 g/mol. The van der Waals surface area contributed by atoms with E-state index in [9.17, 15) is 0 Å². The van der Waals surface area contributed by atoms with Gasteiger partial charge in [-0.1, -0.05) is 0 Å². The summed E-state index contributed by atoms with van der Waals surface area (Å²) in [7, 11) is 3.98. The van der Waals surface area contributed by atoms with Crippen LogP contribution >= 0.6 is 0 Å². The highest BCUT2D eigenvalue weighted by Crippen LogP contribution is 2.28. The SMILES string of the molecule is CN(C)c1nccc(N2CCCCC2C2CCCN2)n1. The molecule has 0 bridgehead atoms. The van der Waals surface area contributed by atoms with Gasteiger partial charge in [0.05, 0.1) is 0 Å². The highest BCUT2D eigenvalue weighted by molar-refractivity contribution is 5.45. The molecule has 0 spiro atoms. The van der Waals surface area contributed by atoms with E-state index in [1.165, 1.54) is 38.6 Å². The van der Waals surface area contributed by atoms with Crippen LogP contribution in [0.15, 0.2) is 12.3 Å². The van der Waals surface area contributed by atoms with E-state index in [4.69, 9.17) is 4.98 Å². The Kier molecular flexibility index (Phi) is 4.05. The summed E-state index contributed by atoms with van der Waals surface area (Å²) >= 11 is 0. The molecular formula is C15H25N5. The molecule has 2 fully saturated rings. The standard InChI is InChI=1S/C15H25N5/c1-19(2)15-17-10-8-14(18-15)20-11-4-3-7-13(20)12-6-5-9-16-12/h8,10,12-13,16H,3-7,9,11H2,1-2H3. The van der Waals surface area contributed by atoms with Crippen LogP contribution in [0, 0.1) is 0 Å². The summed E-state index contributed by atoms with van der Waals surface area (Å²) in [5.41, 5.74) is 0. The van der Waals surface area contributed by atoms with E-state index in [-0.39, 0.29) is 0 Å². The zero-order chi connectivity index (χ0) is 13.9. The molecule has 2 aliphatic rings. The summed E-state index contributed by atoms with van der Waals surface area (Å²) in [6, 6.07) is 3.28. The van der Waals surface area contributed by atoms with E-state index in [0.717, 1.165) is 18.3 Å². The predicted octanol–water partition coefficient (Wildman–Crippen LogP) is 1.65. The summed E-state index contributed by atoms with van der Waals surface area (Å²) in [6.45, 7) is 2.29. The Bertz CT molecular complexity index is 442. The van der Waals surface area contributed by atoms with E-state index in [1.807, 2.05) is 25.2 Å². The van der Waals surface area contributed by atoms with Crippen molar-refractivity contribution < 1.29 is 0 Å². The third-order valence-electron chi connectivity index (χ3n) is 4.43. The summed E-state index contributed by atoms with van der Waals surface area (Å²) in [4.78, 5) is 13.5. The van der Waals surface area contributed by atoms with Crippen molar-refractivity contribution in [3.63, 3.8) is 0 Å². The highest BCUT2D eigenvalue weighted by Gasteiger charge is 2.32. The predicted molar refractivity (Wildman–Crippen MR) is 82.4 cm³/mol. The second-order valence-electron chi connectivity index (χ2n) is 6.07. The first-order valence-corrected chi connectivity index (χ1v) is 7.76. The number of aromatic nitrogens is 2. The Hall–Kier alpha value is -1.36. The molecule has 0 aromatic carbocycles. The van der Waals surface area contributed by atoms with Crippen molar-refractivity contribution in [3.05, 3.63) is 12.3 Å². The fraction of sp³-hybridized carbons (Fsp3) is 0.733. The van der Waals surface area contributed by atoms with Crippen molar-refractivity contribution in [3.8, 4) is 0 Å². The van der Waals surface area contributed by atoms with Gasteiger partial charge in [-0.3, -0.25) is 0 Å². The molecule has 2 aliphatic heterocycles. The lowest BCUT2D eigenvalue weighted by Crippen LogP contribution is -2.50. The monoisotopic (exact) mass is 275 g/mol. The van der Waals surface area contributed by atoms with Crippen molar-refractivity contribution >= 4 is 11.8 Å². The molecule has 2 saturated heterocycles. The van der Waals surface area contributed by atoms with Crippen molar-refractivity contribution in [1.29, 1.82) is 0 Å². The molecule has 20 heavy (non-hydrogen) atoms. The zero-order valence-electron chi connectivity index (χ0n) is 12.5. The lowest BCUT2D eigenvalue weighted by molar-refractivity contribution is 0.376. The van der Waals surface area contributed by atoms with E-state index in [2.05, 4.69) is 21.3 Å². The molecule has 2 unspecified atom stereocenters. The number of rotatable bonds is 3. The molecule has 3 rings (SSSR count). The first-order chi connectivity index (χ1) is 9.75. The Balaban J connectivity index is 1.83. The maximum atomic E-state index is 4.73. The molecule has 0 amide bonds. The molecule has 5 heteroatoms.